The Morgan fingerprint density at radius 1 is 1.38 bits per heavy atom. The fraction of sp³-hybridized carbons (Fsp3) is 0.400. The SMILES string of the molecule is COCC(C)c1cc(Cl)ccc1Cl. The normalized spacial score (nSPS) is 12.9. The van der Waals surface area contributed by atoms with E-state index in [1.807, 2.05) is 12.1 Å². The molecule has 0 N–H and O–H groups in total. The van der Waals surface area contributed by atoms with Crippen molar-refractivity contribution in [3.8, 4) is 0 Å². The molecular weight excluding hydrogens is 207 g/mol. The monoisotopic (exact) mass is 218 g/mol. The first-order valence-electron chi connectivity index (χ1n) is 4.09. The van der Waals surface area contributed by atoms with Crippen LogP contribution in [0.25, 0.3) is 0 Å². The van der Waals surface area contributed by atoms with Crippen molar-refractivity contribution < 1.29 is 4.74 Å². The van der Waals surface area contributed by atoms with Crippen LogP contribution in [0.1, 0.15) is 18.4 Å². The van der Waals surface area contributed by atoms with E-state index in [0.29, 0.717) is 11.6 Å². The lowest BCUT2D eigenvalue weighted by atomic mass is 10.0. The third kappa shape index (κ3) is 2.87. The Bertz CT molecular complexity index is 286. The zero-order valence-electron chi connectivity index (χ0n) is 7.68. The molecule has 1 aromatic rings. The van der Waals surface area contributed by atoms with Gasteiger partial charge in [0.1, 0.15) is 0 Å². The van der Waals surface area contributed by atoms with E-state index in [1.54, 1.807) is 13.2 Å². The fourth-order valence-corrected chi connectivity index (χ4v) is 1.72. The van der Waals surface area contributed by atoms with Crippen molar-refractivity contribution in [3.63, 3.8) is 0 Å². The van der Waals surface area contributed by atoms with E-state index in [2.05, 4.69) is 6.92 Å². The lowest BCUT2D eigenvalue weighted by Gasteiger charge is -2.12. The van der Waals surface area contributed by atoms with E-state index in [1.165, 1.54) is 0 Å². The second-order valence-corrected chi connectivity index (χ2v) is 3.87. The van der Waals surface area contributed by atoms with Crippen LogP contribution in [-0.2, 0) is 4.74 Å². The van der Waals surface area contributed by atoms with E-state index in [4.69, 9.17) is 27.9 Å². The van der Waals surface area contributed by atoms with Gasteiger partial charge >= 0.3 is 0 Å². The van der Waals surface area contributed by atoms with E-state index in [-0.39, 0.29) is 5.92 Å². The third-order valence-electron chi connectivity index (χ3n) is 1.91. The van der Waals surface area contributed by atoms with Crippen molar-refractivity contribution in [1.29, 1.82) is 0 Å². The van der Waals surface area contributed by atoms with Crippen LogP contribution in [0.5, 0.6) is 0 Å². The fourth-order valence-electron chi connectivity index (χ4n) is 1.23. The molecule has 3 heteroatoms. The molecule has 0 aliphatic rings. The molecule has 0 saturated heterocycles. The third-order valence-corrected chi connectivity index (χ3v) is 2.48. The molecule has 1 aromatic carbocycles. The highest BCUT2D eigenvalue weighted by atomic mass is 35.5. The first-order chi connectivity index (χ1) is 6.15. The lowest BCUT2D eigenvalue weighted by Crippen LogP contribution is -2.02. The maximum Gasteiger partial charge on any atom is 0.0528 e. The van der Waals surface area contributed by atoms with Gasteiger partial charge in [-0.1, -0.05) is 30.1 Å². The van der Waals surface area contributed by atoms with Gasteiger partial charge in [0, 0.05) is 23.1 Å². The van der Waals surface area contributed by atoms with E-state index < -0.39 is 0 Å². The molecule has 0 bridgehead atoms. The van der Waals surface area contributed by atoms with Crippen molar-refractivity contribution in [2.75, 3.05) is 13.7 Å². The van der Waals surface area contributed by atoms with Gasteiger partial charge in [-0.3, -0.25) is 0 Å². The van der Waals surface area contributed by atoms with Crippen molar-refractivity contribution in [2.24, 2.45) is 0 Å². The van der Waals surface area contributed by atoms with Gasteiger partial charge < -0.3 is 4.74 Å². The summed E-state index contributed by atoms with van der Waals surface area (Å²) in [5.41, 5.74) is 1.04. The van der Waals surface area contributed by atoms with Gasteiger partial charge in [0.2, 0.25) is 0 Å². The summed E-state index contributed by atoms with van der Waals surface area (Å²) in [6, 6.07) is 5.48. The van der Waals surface area contributed by atoms with Crippen molar-refractivity contribution in [2.45, 2.75) is 12.8 Å². The Hall–Kier alpha value is -0.240. The second kappa shape index (κ2) is 4.85. The van der Waals surface area contributed by atoms with Crippen LogP contribution in [-0.4, -0.2) is 13.7 Å². The Labute approximate surface area is 88.6 Å². The van der Waals surface area contributed by atoms with Crippen molar-refractivity contribution in [3.05, 3.63) is 33.8 Å². The number of hydrogen-bond acceptors (Lipinski definition) is 1. The first kappa shape index (κ1) is 10.8. The standard InChI is InChI=1S/C10H12Cl2O/c1-7(6-13-2)9-5-8(11)3-4-10(9)12/h3-5,7H,6H2,1-2H3. The van der Waals surface area contributed by atoms with Crippen LogP contribution in [0.4, 0.5) is 0 Å². The summed E-state index contributed by atoms with van der Waals surface area (Å²) in [5.74, 6) is 0.274. The lowest BCUT2D eigenvalue weighted by molar-refractivity contribution is 0.184. The molecule has 0 heterocycles. The zero-order valence-corrected chi connectivity index (χ0v) is 9.19. The first-order valence-corrected chi connectivity index (χ1v) is 4.84. The summed E-state index contributed by atoms with van der Waals surface area (Å²) in [4.78, 5) is 0. The number of benzene rings is 1. The minimum atomic E-state index is 0.274. The minimum Gasteiger partial charge on any atom is -0.384 e. The maximum atomic E-state index is 6.01. The summed E-state index contributed by atoms with van der Waals surface area (Å²) in [7, 11) is 1.68. The highest BCUT2D eigenvalue weighted by Crippen LogP contribution is 2.27. The summed E-state index contributed by atoms with van der Waals surface area (Å²) in [6.45, 7) is 2.71. The van der Waals surface area contributed by atoms with Gasteiger partial charge in [0.05, 0.1) is 6.61 Å². The highest BCUT2D eigenvalue weighted by Gasteiger charge is 2.09. The highest BCUT2D eigenvalue weighted by molar-refractivity contribution is 6.33. The largest absolute Gasteiger partial charge is 0.384 e. The predicted molar refractivity (Wildman–Crippen MR) is 56.8 cm³/mol. The smallest absolute Gasteiger partial charge is 0.0528 e. The van der Waals surface area contributed by atoms with Crippen LogP contribution >= 0.6 is 23.2 Å². The van der Waals surface area contributed by atoms with E-state index in [9.17, 15) is 0 Å². The van der Waals surface area contributed by atoms with Crippen LogP contribution < -0.4 is 0 Å². The molecule has 0 amide bonds. The summed E-state index contributed by atoms with van der Waals surface area (Å²) >= 11 is 11.9. The quantitative estimate of drug-likeness (QED) is 0.752. The van der Waals surface area contributed by atoms with Crippen LogP contribution in [0, 0.1) is 0 Å². The molecule has 1 rings (SSSR count). The Kier molecular flexibility index (Phi) is 4.04. The average Bonchev–Trinajstić information content (AvgIpc) is 2.09. The second-order valence-electron chi connectivity index (χ2n) is 3.02. The molecule has 0 saturated carbocycles. The molecule has 0 aromatic heterocycles. The molecule has 1 atom stereocenters. The van der Waals surface area contributed by atoms with Crippen LogP contribution in [0.2, 0.25) is 10.0 Å². The minimum absolute atomic E-state index is 0.274. The van der Waals surface area contributed by atoms with Gasteiger partial charge in [0.25, 0.3) is 0 Å². The molecular formula is C10H12Cl2O. The molecule has 13 heavy (non-hydrogen) atoms. The van der Waals surface area contributed by atoms with Gasteiger partial charge in [-0.15, -0.1) is 0 Å². The predicted octanol–water partition coefficient (Wildman–Crippen LogP) is 3.74. The van der Waals surface area contributed by atoms with E-state index in [0.717, 1.165) is 10.6 Å². The molecule has 1 unspecified atom stereocenters. The summed E-state index contributed by atoms with van der Waals surface area (Å²) < 4.78 is 5.05. The number of rotatable bonds is 3. The van der Waals surface area contributed by atoms with Gasteiger partial charge in [0.15, 0.2) is 0 Å². The van der Waals surface area contributed by atoms with Gasteiger partial charge in [-0.25, -0.2) is 0 Å². The zero-order chi connectivity index (χ0) is 9.84. The summed E-state index contributed by atoms with van der Waals surface area (Å²) in [5, 5.41) is 1.45. The number of hydrogen-bond donors (Lipinski definition) is 0. The number of methoxy groups -OCH3 is 1. The average molecular weight is 219 g/mol. The van der Waals surface area contributed by atoms with Gasteiger partial charge in [-0.2, -0.15) is 0 Å². The topological polar surface area (TPSA) is 9.23 Å². The van der Waals surface area contributed by atoms with E-state index >= 15 is 0 Å². The Balaban J connectivity index is 2.91. The Morgan fingerprint density at radius 2 is 2.08 bits per heavy atom. The van der Waals surface area contributed by atoms with Crippen LogP contribution in [0.3, 0.4) is 0 Å². The number of halogens is 2. The molecule has 0 aliphatic carbocycles. The van der Waals surface area contributed by atoms with Crippen molar-refractivity contribution >= 4 is 23.2 Å². The molecule has 1 nitrogen and oxygen atoms in total. The van der Waals surface area contributed by atoms with Crippen molar-refractivity contribution in [1.82, 2.24) is 0 Å². The Morgan fingerprint density at radius 3 is 2.69 bits per heavy atom. The van der Waals surface area contributed by atoms with Crippen LogP contribution in [0.15, 0.2) is 18.2 Å². The molecule has 0 spiro atoms. The molecule has 0 radical (unpaired) electrons. The van der Waals surface area contributed by atoms with Gasteiger partial charge in [-0.05, 0) is 23.8 Å². The molecule has 72 valence electrons. The summed E-state index contributed by atoms with van der Waals surface area (Å²) in [6.07, 6.45) is 0. The molecule has 0 fully saturated rings. The maximum absolute atomic E-state index is 6.01. The molecule has 0 aliphatic heterocycles. The number of ether oxygens (including phenoxy) is 1.